The molecule has 1 aromatic carbocycles. The van der Waals surface area contributed by atoms with E-state index in [-0.39, 0.29) is 23.8 Å². The molecule has 8 heteroatoms. The summed E-state index contributed by atoms with van der Waals surface area (Å²) in [6.07, 6.45) is 2.55. The Hall–Kier alpha value is -2.29. The van der Waals surface area contributed by atoms with Gasteiger partial charge in [-0.3, -0.25) is 4.79 Å². The van der Waals surface area contributed by atoms with Crippen LogP contribution in [0.3, 0.4) is 0 Å². The topological polar surface area (TPSA) is 77.8 Å². The predicted molar refractivity (Wildman–Crippen MR) is 114 cm³/mol. The van der Waals surface area contributed by atoms with E-state index < -0.39 is 0 Å². The number of anilines is 1. The molecular formula is C21H26N4O3S. The number of ether oxygens (including phenoxy) is 2. The Balaban J connectivity index is 1.57. The maximum Gasteiger partial charge on any atom is 0.275 e. The van der Waals surface area contributed by atoms with Crippen LogP contribution in [0.15, 0.2) is 41.2 Å². The average molecular weight is 415 g/mol. The molecule has 2 aromatic heterocycles. The van der Waals surface area contributed by atoms with E-state index in [2.05, 4.69) is 34.5 Å². The summed E-state index contributed by atoms with van der Waals surface area (Å²) in [5, 5.41) is 8.52. The summed E-state index contributed by atoms with van der Waals surface area (Å²) >= 11 is 1.38. The molecular weight excluding hydrogens is 388 g/mol. The minimum atomic E-state index is -0.151. The van der Waals surface area contributed by atoms with Gasteiger partial charge in [0.15, 0.2) is 0 Å². The van der Waals surface area contributed by atoms with E-state index in [0.29, 0.717) is 10.1 Å². The van der Waals surface area contributed by atoms with E-state index in [1.54, 1.807) is 6.07 Å². The van der Waals surface area contributed by atoms with E-state index in [4.69, 9.17) is 9.47 Å². The number of fused-ring (bicyclic) bond motifs is 1. The van der Waals surface area contributed by atoms with Crippen molar-refractivity contribution in [3.8, 4) is 0 Å². The fourth-order valence-corrected chi connectivity index (χ4v) is 4.43. The number of aromatic nitrogens is 3. The standard InChI is InChI=1S/C21H26N4O3S/c1-3-16-13-18(26)25-21(23-16)29-20(24-25)22-14(2)19(15-7-5-4-6-8-15)28-17-9-11-27-12-10-17/h4-8,13-14,17,19H,3,9-12H2,1-2H3,(H,22,24). The Bertz CT molecular complexity index is 998. The second-order valence-corrected chi connectivity index (χ2v) is 8.21. The number of aryl methyl sites for hydroxylation is 1. The lowest BCUT2D eigenvalue weighted by Crippen LogP contribution is -2.32. The maximum absolute atomic E-state index is 12.3. The molecule has 154 valence electrons. The van der Waals surface area contributed by atoms with Gasteiger partial charge in [-0.15, -0.1) is 5.10 Å². The van der Waals surface area contributed by atoms with Crippen LogP contribution in [0.25, 0.3) is 4.96 Å². The molecule has 29 heavy (non-hydrogen) atoms. The van der Waals surface area contributed by atoms with Crippen LogP contribution < -0.4 is 10.9 Å². The van der Waals surface area contributed by atoms with Crippen LogP contribution in [0.4, 0.5) is 5.13 Å². The van der Waals surface area contributed by atoms with Crippen LogP contribution in [0.5, 0.6) is 0 Å². The Morgan fingerprint density at radius 1 is 1.31 bits per heavy atom. The van der Waals surface area contributed by atoms with E-state index in [9.17, 15) is 4.79 Å². The van der Waals surface area contributed by atoms with Crippen LogP contribution >= 0.6 is 11.3 Å². The van der Waals surface area contributed by atoms with Crippen LogP contribution in [0.1, 0.15) is 44.1 Å². The lowest BCUT2D eigenvalue weighted by Gasteiger charge is -2.31. The molecule has 1 aliphatic rings. The molecule has 2 unspecified atom stereocenters. The molecule has 1 N–H and O–H groups in total. The maximum atomic E-state index is 12.3. The van der Waals surface area contributed by atoms with Gasteiger partial charge in [-0.2, -0.15) is 4.52 Å². The van der Waals surface area contributed by atoms with Crippen molar-refractivity contribution in [2.75, 3.05) is 18.5 Å². The highest BCUT2D eigenvalue weighted by Gasteiger charge is 2.26. The zero-order valence-corrected chi connectivity index (χ0v) is 17.5. The first-order valence-electron chi connectivity index (χ1n) is 10.1. The van der Waals surface area contributed by atoms with Crippen LogP contribution in [0.2, 0.25) is 0 Å². The normalized spacial score (nSPS) is 17.3. The van der Waals surface area contributed by atoms with Gasteiger partial charge in [-0.1, -0.05) is 48.6 Å². The third kappa shape index (κ3) is 4.66. The largest absolute Gasteiger partial charge is 0.381 e. The molecule has 2 atom stereocenters. The van der Waals surface area contributed by atoms with E-state index in [1.165, 1.54) is 15.9 Å². The summed E-state index contributed by atoms with van der Waals surface area (Å²) < 4.78 is 13.3. The van der Waals surface area contributed by atoms with Crippen molar-refractivity contribution in [2.45, 2.75) is 51.4 Å². The summed E-state index contributed by atoms with van der Waals surface area (Å²) in [5.74, 6) is 0. The van der Waals surface area contributed by atoms with Crippen LogP contribution in [0, 0.1) is 0 Å². The summed E-state index contributed by atoms with van der Waals surface area (Å²) in [4.78, 5) is 17.4. The van der Waals surface area contributed by atoms with Crippen molar-refractivity contribution >= 4 is 21.4 Å². The van der Waals surface area contributed by atoms with Gasteiger partial charge < -0.3 is 14.8 Å². The average Bonchev–Trinajstić information content (AvgIpc) is 3.16. The lowest BCUT2D eigenvalue weighted by molar-refractivity contribution is -0.0738. The number of nitrogens with one attached hydrogen (secondary N) is 1. The SMILES string of the molecule is CCc1cc(=O)n2nc(NC(C)C(OC3CCOCC3)c3ccccc3)sc2n1. The molecule has 7 nitrogen and oxygen atoms in total. The quantitative estimate of drug-likeness (QED) is 0.638. The first kappa shape index (κ1) is 20.0. The first-order chi connectivity index (χ1) is 14.1. The number of nitrogens with zero attached hydrogens (tertiary/aromatic N) is 3. The van der Waals surface area contributed by atoms with Crippen molar-refractivity contribution in [1.29, 1.82) is 0 Å². The Morgan fingerprint density at radius 2 is 2.07 bits per heavy atom. The molecule has 0 bridgehead atoms. The van der Waals surface area contributed by atoms with Gasteiger partial charge >= 0.3 is 0 Å². The molecule has 0 amide bonds. The molecule has 0 spiro atoms. The van der Waals surface area contributed by atoms with Gasteiger partial charge in [-0.05, 0) is 31.7 Å². The van der Waals surface area contributed by atoms with E-state index in [1.807, 2.05) is 25.1 Å². The van der Waals surface area contributed by atoms with Crippen molar-refractivity contribution in [1.82, 2.24) is 14.6 Å². The Morgan fingerprint density at radius 3 is 2.79 bits per heavy atom. The highest BCUT2D eigenvalue weighted by atomic mass is 32.1. The third-order valence-electron chi connectivity index (χ3n) is 5.10. The number of hydrogen-bond acceptors (Lipinski definition) is 7. The van der Waals surface area contributed by atoms with Crippen molar-refractivity contribution in [3.63, 3.8) is 0 Å². The second kappa shape index (κ2) is 9.02. The molecule has 1 aliphatic heterocycles. The van der Waals surface area contributed by atoms with Gasteiger partial charge in [0.05, 0.1) is 12.1 Å². The first-order valence-corrected chi connectivity index (χ1v) is 10.9. The molecule has 0 radical (unpaired) electrons. The minimum Gasteiger partial charge on any atom is -0.381 e. The molecule has 1 fully saturated rings. The zero-order chi connectivity index (χ0) is 20.2. The number of rotatable bonds is 7. The smallest absolute Gasteiger partial charge is 0.275 e. The summed E-state index contributed by atoms with van der Waals surface area (Å²) in [5.41, 5.74) is 1.74. The van der Waals surface area contributed by atoms with Gasteiger partial charge in [0.25, 0.3) is 5.56 Å². The third-order valence-corrected chi connectivity index (χ3v) is 5.94. The monoisotopic (exact) mass is 414 g/mol. The fourth-order valence-electron chi connectivity index (χ4n) is 3.51. The van der Waals surface area contributed by atoms with E-state index >= 15 is 0 Å². The van der Waals surface area contributed by atoms with Gasteiger partial charge in [0.1, 0.15) is 6.10 Å². The lowest BCUT2D eigenvalue weighted by atomic mass is 10.0. The highest BCUT2D eigenvalue weighted by Crippen LogP contribution is 2.29. The number of benzene rings is 1. The van der Waals surface area contributed by atoms with Crippen molar-refractivity contribution < 1.29 is 9.47 Å². The van der Waals surface area contributed by atoms with Gasteiger partial charge in [0, 0.05) is 25.0 Å². The summed E-state index contributed by atoms with van der Waals surface area (Å²) in [6.45, 7) is 5.54. The second-order valence-electron chi connectivity index (χ2n) is 7.25. The molecule has 3 aromatic rings. The zero-order valence-electron chi connectivity index (χ0n) is 16.7. The molecule has 0 aliphatic carbocycles. The van der Waals surface area contributed by atoms with Crippen LogP contribution in [-0.4, -0.2) is 40.0 Å². The molecule has 3 heterocycles. The highest BCUT2D eigenvalue weighted by molar-refractivity contribution is 7.20. The van der Waals surface area contributed by atoms with Crippen molar-refractivity contribution in [2.24, 2.45) is 0 Å². The minimum absolute atomic E-state index is 0.0397. The summed E-state index contributed by atoms with van der Waals surface area (Å²) in [6, 6.07) is 11.7. The van der Waals surface area contributed by atoms with Gasteiger partial charge in [-0.25, -0.2) is 4.98 Å². The predicted octanol–water partition coefficient (Wildman–Crippen LogP) is 3.45. The molecule has 0 saturated carbocycles. The van der Waals surface area contributed by atoms with E-state index in [0.717, 1.165) is 43.7 Å². The number of hydrogen-bond donors (Lipinski definition) is 1. The van der Waals surface area contributed by atoms with Crippen LogP contribution in [-0.2, 0) is 15.9 Å². The summed E-state index contributed by atoms with van der Waals surface area (Å²) in [7, 11) is 0. The molecule has 1 saturated heterocycles. The Kier molecular flexibility index (Phi) is 6.22. The Labute approximate surface area is 173 Å². The van der Waals surface area contributed by atoms with Crippen molar-refractivity contribution in [3.05, 3.63) is 58.0 Å². The fraction of sp³-hybridized carbons (Fsp3) is 0.476. The van der Waals surface area contributed by atoms with Gasteiger partial charge in [0.2, 0.25) is 10.1 Å². The molecule has 4 rings (SSSR count).